The molecule has 100 valence electrons. The number of benzene rings is 1. The lowest BCUT2D eigenvalue weighted by Gasteiger charge is -2.06. The van der Waals surface area contributed by atoms with Crippen molar-refractivity contribution in [2.45, 2.75) is 13.8 Å². The number of hydrogen-bond acceptors (Lipinski definition) is 3. The Balaban J connectivity index is 2.53. The standard InChI is InChI=1S/C15H12ClN3O/c1-10-7-11(2)19(15(20)13(10)8-17)18-9-12-5-3-4-6-14(12)16/h3-7,9H,1-2H3. The van der Waals surface area contributed by atoms with E-state index in [2.05, 4.69) is 5.10 Å². The Morgan fingerprint density at radius 1 is 1.35 bits per heavy atom. The van der Waals surface area contributed by atoms with Crippen molar-refractivity contribution in [2.24, 2.45) is 5.10 Å². The zero-order chi connectivity index (χ0) is 14.7. The third kappa shape index (κ3) is 2.63. The van der Waals surface area contributed by atoms with Gasteiger partial charge in [0.2, 0.25) is 0 Å². The lowest BCUT2D eigenvalue weighted by molar-refractivity contribution is 0.786. The monoisotopic (exact) mass is 285 g/mol. The van der Waals surface area contributed by atoms with Gasteiger partial charge in [-0.1, -0.05) is 29.8 Å². The molecule has 1 aromatic heterocycles. The van der Waals surface area contributed by atoms with Gasteiger partial charge in [0, 0.05) is 16.3 Å². The molecule has 2 aromatic rings. The molecule has 0 aliphatic carbocycles. The minimum absolute atomic E-state index is 0.104. The van der Waals surface area contributed by atoms with Crippen LogP contribution >= 0.6 is 11.6 Å². The highest BCUT2D eigenvalue weighted by atomic mass is 35.5. The van der Waals surface area contributed by atoms with Gasteiger partial charge in [0.25, 0.3) is 5.56 Å². The summed E-state index contributed by atoms with van der Waals surface area (Å²) in [5.41, 5.74) is 1.70. The second kappa shape index (κ2) is 5.72. The van der Waals surface area contributed by atoms with Crippen molar-refractivity contribution in [1.29, 1.82) is 5.26 Å². The molecular weight excluding hydrogens is 274 g/mol. The minimum atomic E-state index is -0.423. The maximum atomic E-state index is 12.1. The zero-order valence-electron chi connectivity index (χ0n) is 11.1. The lowest BCUT2D eigenvalue weighted by atomic mass is 10.1. The first kappa shape index (κ1) is 14.0. The summed E-state index contributed by atoms with van der Waals surface area (Å²) in [7, 11) is 0. The number of rotatable bonds is 2. The first-order chi connectivity index (χ1) is 9.54. The van der Waals surface area contributed by atoms with Crippen LogP contribution in [0.2, 0.25) is 5.02 Å². The average molecular weight is 286 g/mol. The molecule has 0 fully saturated rings. The molecule has 0 amide bonds. The van der Waals surface area contributed by atoms with Crippen LogP contribution in [-0.2, 0) is 0 Å². The predicted molar refractivity (Wildman–Crippen MR) is 79.3 cm³/mol. The summed E-state index contributed by atoms with van der Waals surface area (Å²) in [6, 6.07) is 10.9. The first-order valence-corrected chi connectivity index (χ1v) is 6.34. The highest BCUT2D eigenvalue weighted by Gasteiger charge is 2.09. The van der Waals surface area contributed by atoms with E-state index in [9.17, 15) is 4.79 Å². The van der Waals surface area contributed by atoms with Crippen molar-refractivity contribution >= 4 is 17.8 Å². The Hall–Kier alpha value is -2.38. The van der Waals surface area contributed by atoms with E-state index >= 15 is 0 Å². The molecule has 0 radical (unpaired) electrons. The molecule has 0 saturated heterocycles. The smallest absolute Gasteiger partial charge is 0.266 e. The molecule has 0 bridgehead atoms. The molecule has 5 heteroatoms. The summed E-state index contributed by atoms with van der Waals surface area (Å²) in [5.74, 6) is 0. The Bertz CT molecular complexity index is 785. The molecule has 1 heterocycles. The summed E-state index contributed by atoms with van der Waals surface area (Å²) in [5, 5.41) is 13.7. The van der Waals surface area contributed by atoms with E-state index < -0.39 is 5.56 Å². The van der Waals surface area contributed by atoms with Gasteiger partial charge in [-0.2, -0.15) is 10.4 Å². The number of aryl methyl sites for hydroxylation is 2. The first-order valence-electron chi connectivity index (χ1n) is 5.97. The van der Waals surface area contributed by atoms with Crippen LogP contribution in [0.5, 0.6) is 0 Å². The molecule has 0 aliphatic rings. The zero-order valence-corrected chi connectivity index (χ0v) is 11.8. The fraction of sp³-hybridized carbons (Fsp3) is 0.133. The molecular formula is C15H12ClN3O. The molecule has 0 unspecified atom stereocenters. The van der Waals surface area contributed by atoms with Crippen LogP contribution in [0.4, 0.5) is 0 Å². The molecule has 2 rings (SSSR count). The van der Waals surface area contributed by atoms with Gasteiger partial charge in [0.15, 0.2) is 0 Å². The van der Waals surface area contributed by atoms with Crippen LogP contribution in [0, 0.1) is 25.2 Å². The largest absolute Gasteiger partial charge is 0.289 e. The van der Waals surface area contributed by atoms with Gasteiger partial charge in [0.1, 0.15) is 11.6 Å². The van der Waals surface area contributed by atoms with Crippen molar-refractivity contribution in [3.8, 4) is 6.07 Å². The van der Waals surface area contributed by atoms with Crippen LogP contribution in [0.3, 0.4) is 0 Å². The molecule has 0 aliphatic heterocycles. The summed E-state index contributed by atoms with van der Waals surface area (Å²) >= 11 is 6.02. The number of nitrogens with zero attached hydrogens (tertiary/aromatic N) is 3. The third-order valence-corrected chi connectivity index (χ3v) is 3.23. The molecule has 1 aromatic carbocycles. The number of nitriles is 1. The molecule has 4 nitrogen and oxygen atoms in total. The molecule has 0 N–H and O–H groups in total. The summed E-state index contributed by atoms with van der Waals surface area (Å²) in [6.45, 7) is 3.49. The van der Waals surface area contributed by atoms with Crippen LogP contribution < -0.4 is 5.56 Å². The Morgan fingerprint density at radius 2 is 2.05 bits per heavy atom. The summed E-state index contributed by atoms with van der Waals surface area (Å²) < 4.78 is 1.20. The Kier molecular flexibility index (Phi) is 4.02. The van der Waals surface area contributed by atoms with Gasteiger partial charge in [-0.3, -0.25) is 4.79 Å². The van der Waals surface area contributed by atoms with Crippen molar-refractivity contribution in [3.63, 3.8) is 0 Å². The fourth-order valence-electron chi connectivity index (χ4n) is 1.86. The van der Waals surface area contributed by atoms with Gasteiger partial charge >= 0.3 is 0 Å². The van der Waals surface area contributed by atoms with E-state index in [0.717, 1.165) is 0 Å². The molecule has 20 heavy (non-hydrogen) atoms. The topological polar surface area (TPSA) is 58.1 Å². The quantitative estimate of drug-likeness (QED) is 0.797. The summed E-state index contributed by atoms with van der Waals surface area (Å²) in [4.78, 5) is 12.1. The maximum Gasteiger partial charge on any atom is 0.289 e. The van der Waals surface area contributed by atoms with E-state index in [-0.39, 0.29) is 5.56 Å². The van der Waals surface area contributed by atoms with E-state index in [4.69, 9.17) is 16.9 Å². The highest BCUT2D eigenvalue weighted by molar-refractivity contribution is 6.33. The second-order valence-electron chi connectivity index (χ2n) is 4.34. The average Bonchev–Trinajstić information content (AvgIpc) is 2.40. The van der Waals surface area contributed by atoms with Gasteiger partial charge in [-0.15, -0.1) is 0 Å². The Labute approximate surface area is 121 Å². The maximum absolute atomic E-state index is 12.1. The van der Waals surface area contributed by atoms with Gasteiger partial charge in [-0.25, -0.2) is 4.68 Å². The van der Waals surface area contributed by atoms with E-state index in [0.29, 0.717) is 21.8 Å². The normalized spacial score (nSPS) is 10.7. The highest BCUT2D eigenvalue weighted by Crippen LogP contribution is 2.12. The van der Waals surface area contributed by atoms with E-state index in [1.807, 2.05) is 18.2 Å². The van der Waals surface area contributed by atoms with E-state index in [1.54, 1.807) is 32.0 Å². The lowest BCUT2D eigenvalue weighted by Crippen LogP contribution is -2.22. The van der Waals surface area contributed by atoms with Gasteiger partial charge in [0.05, 0.1) is 6.21 Å². The number of halogens is 1. The SMILES string of the molecule is Cc1cc(C)n(N=Cc2ccccc2Cl)c(=O)c1C#N. The van der Waals surface area contributed by atoms with Gasteiger partial charge < -0.3 is 0 Å². The van der Waals surface area contributed by atoms with Crippen molar-refractivity contribution in [3.05, 3.63) is 68.1 Å². The van der Waals surface area contributed by atoms with Crippen molar-refractivity contribution in [2.75, 3.05) is 0 Å². The molecule has 0 saturated carbocycles. The van der Waals surface area contributed by atoms with Crippen LogP contribution in [0.25, 0.3) is 0 Å². The molecule has 0 atom stereocenters. The minimum Gasteiger partial charge on any atom is -0.266 e. The third-order valence-electron chi connectivity index (χ3n) is 2.89. The summed E-state index contributed by atoms with van der Waals surface area (Å²) in [6.07, 6.45) is 1.51. The van der Waals surface area contributed by atoms with Crippen LogP contribution in [-0.4, -0.2) is 10.9 Å². The number of pyridine rings is 1. The van der Waals surface area contributed by atoms with Crippen LogP contribution in [0.1, 0.15) is 22.4 Å². The Morgan fingerprint density at radius 3 is 2.70 bits per heavy atom. The van der Waals surface area contributed by atoms with E-state index in [1.165, 1.54) is 10.9 Å². The number of hydrogen-bond donors (Lipinski definition) is 0. The molecule has 0 spiro atoms. The van der Waals surface area contributed by atoms with Crippen molar-refractivity contribution < 1.29 is 0 Å². The fourth-order valence-corrected chi connectivity index (χ4v) is 2.05. The van der Waals surface area contributed by atoms with Gasteiger partial charge in [-0.05, 0) is 31.5 Å². The van der Waals surface area contributed by atoms with Crippen molar-refractivity contribution in [1.82, 2.24) is 4.68 Å². The second-order valence-corrected chi connectivity index (χ2v) is 4.75. The predicted octanol–water partition coefficient (Wildman–Crippen LogP) is 2.87. The number of aromatic nitrogens is 1. The van der Waals surface area contributed by atoms with Crippen LogP contribution in [0.15, 0.2) is 40.2 Å².